The molecule has 1 heterocycles. The third-order valence-corrected chi connectivity index (χ3v) is 1.55. The first-order valence-electron chi connectivity index (χ1n) is 3.21. The van der Waals surface area contributed by atoms with Gasteiger partial charge in [-0.15, -0.1) is 0 Å². The third kappa shape index (κ3) is 1.46. The molecule has 8 heavy (non-hydrogen) atoms. The number of hydrogen-bond donors (Lipinski definition) is 1. The molecule has 0 unspecified atom stereocenters. The summed E-state index contributed by atoms with van der Waals surface area (Å²) in [5, 5.41) is 12.7. The van der Waals surface area contributed by atoms with E-state index >= 15 is 0 Å². The highest BCUT2D eigenvalue weighted by Gasteiger charge is 2.13. The molecule has 2 nitrogen and oxygen atoms in total. The maximum absolute atomic E-state index is 8.47. The predicted molar refractivity (Wildman–Crippen MR) is 31.7 cm³/mol. The van der Waals surface area contributed by atoms with Crippen LogP contribution in [0, 0.1) is 0 Å². The highest BCUT2D eigenvalue weighted by atomic mass is 16.3. The molecule has 1 N–H and O–H groups in total. The van der Waals surface area contributed by atoms with Gasteiger partial charge in [-0.3, -0.25) is 0 Å². The summed E-state index contributed by atoms with van der Waals surface area (Å²) in [5.41, 5.74) is 0. The van der Waals surface area contributed by atoms with Crippen molar-refractivity contribution >= 4 is 0 Å². The third-order valence-electron chi connectivity index (χ3n) is 1.55. The van der Waals surface area contributed by atoms with Gasteiger partial charge >= 0.3 is 0 Å². The molecule has 1 radical (unpaired) electrons. The van der Waals surface area contributed by atoms with Crippen molar-refractivity contribution in [3.63, 3.8) is 0 Å². The van der Waals surface area contributed by atoms with E-state index in [4.69, 9.17) is 5.11 Å². The Labute approximate surface area is 49.9 Å². The lowest BCUT2D eigenvalue weighted by Gasteiger charge is -2.02. The molecule has 0 aromatic rings. The average molecular weight is 114 g/mol. The van der Waals surface area contributed by atoms with Crippen LogP contribution in [-0.2, 0) is 0 Å². The van der Waals surface area contributed by atoms with Crippen LogP contribution in [0.5, 0.6) is 0 Å². The standard InChI is InChI=1S/C6H12NO/c8-5-3-6-2-1-4-7-6/h6,8H,1-5H2/t6-/m0/s1. The molecule has 0 aliphatic carbocycles. The molecule has 0 bridgehead atoms. The zero-order valence-corrected chi connectivity index (χ0v) is 5.01. The van der Waals surface area contributed by atoms with Gasteiger partial charge in [-0.2, -0.15) is 0 Å². The van der Waals surface area contributed by atoms with Gasteiger partial charge in [0, 0.05) is 19.2 Å². The van der Waals surface area contributed by atoms with Crippen molar-refractivity contribution in [2.24, 2.45) is 0 Å². The second-order valence-corrected chi connectivity index (χ2v) is 2.21. The smallest absolute Gasteiger partial charge is 0.0446 e. The summed E-state index contributed by atoms with van der Waals surface area (Å²) in [7, 11) is 0. The highest BCUT2D eigenvalue weighted by Crippen LogP contribution is 2.08. The number of nitrogens with zero attached hydrogens (tertiary/aromatic N) is 1. The molecule has 0 spiro atoms. The van der Waals surface area contributed by atoms with Gasteiger partial charge in [0.25, 0.3) is 0 Å². The Bertz CT molecular complexity index is 59.5. The summed E-state index contributed by atoms with van der Waals surface area (Å²) in [6.07, 6.45) is 3.30. The van der Waals surface area contributed by atoms with Crippen LogP contribution in [0.1, 0.15) is 19.3 Å². The van der Waals surface area contributed by atoms with Gasteiger partial charge < -0.3 is 5.11 Å². The van der Waals surface area contributed by atoms with Crippen molar-refractivity contribution in [1.82, 2.24) is 5.32 Å². The van der Waals surface area contributed by atoms with Crippen LogP contribution in [-0.4, -0.2) is 24.3 Å². The number of aliphatic hydroxyl groups is 1. The van der Waals surface area contributed by atoms with Crippen molar-refractivity contribution < 1.29 is 5.11 Å². The molecule has 1 atom stereocenters. The van der Waals surface area contributed by atoms with Crippen molar-refractivity contribution in [1.29, 1.82) is 0 Å². The van der Waals surface area contributed by atoms with Crippen LogP contribution in [0.15, 0.2) is 0 Å². The van der Waals surface area contributed by atoms with E-state index in [2.05, 4.69) is 5.32 Å². The Morgan fingerprint density at radius 3 is 3.00 bits per heavy atom. The Balaban J connectivity index is 2.06. The lowest BCUT2D eigenvalue weighted by atomic mass is 10.2. The summed E-state index contributed by atoms with van der Waals surface area (Å²) in [5.74, 6) is 0. The van der Waals surface area contributed by atoms with E-state index in [1.165, 1.54) is 12.8 Å². The lowest BCUT2D eigenvalue weighted by Crippen LogP contribution is -2.14. The van der Waals surface area contributed by atoms with E-state index < -0.39 is 0 Å². The van der Waals surface area contributed by atoms with Crippen LogP contribution in [0.3, 0.4) is 0 Å². The predicted octanol–water partition coefficient (Wildman–Crippen LogP) is 0.136. The Morgan fingerprint density at radius 1 is 1.62 bits per heavy atom. The molecule has 0 aromatic heterocycles. The van der Waals surface area contributed by atoms with Crippen LogP contribution in [0.2, 0.25) is 0 Å². The molecule has 1 saturated heterocycles. The maximum atomic E-state index is 8.47. The Hall–Kier alpha value is -0.0800. The van der Waals surface area contributed by atoms with Crippen LogP contribution in [0.4, 0.5) is 0 Å². The topological polar surface area (TPSA) is 34.3 Å². The van der Waals surface area contributed by atoms with Gasteiger partial charge in [-0.25, -0.2) is 5.32 Å². The first kappa shape index (κ1) is 6.05. The fourth-order valence-electron chi connectivity index (χ4n) is 1.08. The summed E-state index contributed by atoms with van der Waals surface area (Å²) >= 11 is 0. The second-order valence-electron chi connectivity index (χ2n) is 2.21. The Kier molecular flexibility index (Phi) is 2.30. The minimum Gasteiger partial charge on any atom is -0.396 e. The van der Waals surface area contributed by atoms with E-state index in [0.717, 1.165) is 13.0 Å². The summed E-state index contributed by atoms with van der Waals surface area (Å²) in [6, 6.07) is 0.486. The molecule has 0 aromatic carbocycles. The van der Waals surface area contributed by atoms with Gasteiger partial charge in [0.1, 0.15) is 0 Å². The normalized spacial score (nSPS) is 28.9. The SMILES string of the molecule is OCC[C@@H]1CCC[N]1. The molecule has 1 aliphatic rings. The van der Waals surface area contributed by atoms with Crippen LogP contribution in [0.25, 0.3) is 0 Å². The molecular formula is C6H12NO. The molecule has 1 aliphatic heterocycles. The molecular weight excluding hydrogens is 102 g/mol. The van der Waals surface area contributed by atoms with E-state index in [1.807, 2.05) is 0 Å². The van der Waals surface area contributed by atoms with E-state index in [1.54, 1.807) is 0 Å². The van der Waals surface area contributed by atoms with E-state index in [0.29, 0.717) is 12.6 Å². The quantitative estimate of drug-likeness (QED) is 0.544. The van der Waals surface area contributed by atoms with Gasteiger partial charge in [0.2, 0.25) is 0 Å². The summed E-state index contributed by atoms with van der Waals surface area (Å²) in [6.45, 7) is 1.32. The van der Waals surface area contributed by atoms with Gasteiger partial charge in [-0.1, -0.05) is 0 Å². The first-order valence-corrected chi connectivity index (χ1v) is 3.21. The summed E-state index contributed by atoms with van der Waals surface area (Å²) < 4.78 is 0. The first-order chi connectivity index (χ1) is 3.93. The molecule has 1 rings (SSSR count). The number of rotatable bonds is 2. The fraction of sp³-hybridized carbons (Fsp3) is 1.00. The van der Waals surface area contributed by atoms with Crippen molar-refractivity contribution in [2.75, 3.05) is 13.2 Å². The lowest BCUT2D eigenvalue weighted by molar-refractivity contribution is 0.270. The maximum Gasteiger partial charge on any atom is 0.0446 e. The molecule has 1 fully saturated rings. The monoisotopic (exact) mass is 114 g/mol. The largest absolute Gasteiger partial charge is 0.396 e. The average Bonchev–Trinajstić information content (AvgIpc) is 2.19. The number of hydrogen-bond acceptors (Lipinski definition) is 1. The molecule has 2 heteroatoms. The van der Waals surface area contributed by atoms with Gasteiger partial charge in [-0.05, 0) is 19.3 Å². The molecule has 0 saturated carbocycles. The zero-order valence-electron chi connectivity index (χ0n) is 5.01. The zero-order chi connectivity index (χ0) is 5.82. The molecule has 47 valence electrons. The number of aliphatic hydroxyl groups excluding tert-OH is 1. The van der Waals surface area contributed by atoms with Gasteiger partial charge in [0.05, 0.1) is 0 Å². The van der Waals surface area contributed by atoms with Crippen molar-refractivity contribution in [3.8, 4) is 0 Å². The van der Waals surface area contributed by atoms with Crippen LogP contribution < -0.4 is 5.32 Å². The van der Waals surface area contributed by atoms with E-state index in [9.17, 15) is 0 Å². The van der Waals surface area contributed by atoms with E-state index in [-0.39, 0.29) is 0 Å². The molecule has 0 amide bonds. The Morgan fingerprint density at radius 2 is 2.50 bits per heavy atom. The second kappa shape index (κ2) is 3.05. The fourth-order valence-corrected chi connectivity index (χ4v) is 1.08. The minimum atomic E-state index is 0.300. The van der Waals surface area contributed by atoms with Crippen molar-refractivity contribution in [3.05, 3.63) is 0 Å². The minimum absolute atomic E-state index is 0.300. The van der Waals surface area contributed by atoms with Gasteiger partial charge in [0.15, 0.2) is 0 Å². The van der Waals surface area contributed by atoms with Crippen molar-refractivity contribution in [2.45, 2.75) is 25.3 Å². The van der Waals surface area contributed by atoms with Crippen LogP contribution >= 0.6 is 0 Å². The highest BCUT2D eigenvalue weighted by molar-refractivity contribution is 4.72. The summed E-state index contributed by atoms with van der Waals surface area (Å²) in [4.78, 5) is 0.